The highest BCUT2D eigenvalue weighted by molar-refractivity contribution is 5.44. The van der Waals surface area contributed by atoms with E-state index in [4.69, 9.17) is 14.6 Å². The van der Waals surface area contributed by atoms with E-state index < -0.39 is 6.10 Å². The van der Waals surface area contributed by atoms with Gasteiger partial charge in [-0.15, -0.1) is 0 Å². The highest BCUT2D eigenvalue weighted by Crippen LogP contribution is 2.32. The molecule has 1 atom stereocenters. The van der Waals surface area contributed by atoms with Crippen molar-refractivity contribution in [3.8, 4) is 17.4 Å². The van der Waals surface area contributed by atoms with Gasteiger partial charge in [0.25, 0.3) is 0 Å². The van der Waals surface area contributed by atoms with Gasteiger partial charge in [0.15, 0.2) is 11.5 Å². The fraction of sp³-hybridized carbons (Fsp3) is 0.267. The second kappa shape index (κ2) is 6.36. The Hall–Kier alpha value is -2.11. The summed E-state index contributed by atoms with van der Waals surface area (Å²) in [7, 11) is 1.53. The van der Waals surface area contributed by atoms with Crippen molar-refractivity contribution in [1.29, 1.82) is 0 Å². The number of aliphatic hydroxyl groups excluding tert-OH is 2. The van der Waals surface area contributed by atoms with Gasteiger partial charge in [-0.1, -0.05) is 6.07 Å². The number of rotatable bonds is 5. The van der Waals surface area contributed by atoms with E-state index in [0.717, 1.165) is 11.1 Å². The maximum Gasteiger partial charge on any atom is 0.219 e. The van der Waals surface area contributed by atoms with Crippen LogP contribution in [0.1, 0.15) is 24.2 Å². The van der Waals surface area contributed by atoms with Crippen molar-refractivity contribution in [3.63, 3.8) is 0 Å². The molecule has 5 nitrogen and oxygen atoms in total. The molecule has 0 aliphatic heterocycles. The van der Waals surface area contributed by atoms with Crippen LogP contribution in [-0.4, -0.2) is 22.3 Å². The van der Waals surface area contributed by atoms with Crippen molar-refractivity contribution < 1.29 is 19.7 Å². The Morgan fingerprint density at radius 2 is 2.00 bits per heavy atom. The molecule has 2 N–H and O–H groups in total. The minimum Gasteiger partial charge on any atom is -0.493 e. The van der Waals surface area contributed by atoms with E-state index in [2.05, 4.69) is 4.98 Å². The largest absolute Gasteiger partial charge is 0.493 e. The molecule has 0 spiro atoms. The Morgan fingerprint density at radius 1 is 1.20 bits per heavy atom. The van der Waals surface area contributed by atoms with E-state index in [1.165, 1.54) is 7.11 Å². The van der Waals surface area contributed by atoms with E-state index in [1.54, 1.807) is 43.5 Å². The van der Waals surface area contributed by atoms with Crippen LogP contribution in [0.2, 0.25) is 0 Å². The smallest absolute Gasteiger partial charge is 0.219 e. The van der Waals surface area contributed by atoms with Gasteiger partial charge in [-0.05, 0) is 36.2 Å². The average Bonchev–Trinajstić information content (AvgIpc) is 2.48. The van der Waals surface area contributed by atoms with Crippen LogP contribution < -0.4 is 9.47 Å². The van der Waals surface area contributed by atoms with Crippen molar-refractivity contribution in [3.05, 3.63) is 47.7 Å². The number of aromatic nitrogens is 1. The molecule has 2 aromatic rings. The first kappa shape index (κ1) is 14.3. The van der Waals surface area contributed by atoms with Crippen LogP contribution in [0.4, 0.5) is 0 Å². The maximum atomic E-state index is 9.55. The number of methoxy groups -OCH3 is 1. The Morgan fingerprint density at radius 3 is 2.65 bits per heavy atom. The zero-order valence-corrected chi connectivity index (χ0v) is 11.4. The number of nitrogens with zero attached hydrogens (tertiary/aromatic N) is 1. The van der Waals surface area contributed by atoms with Gasteiger partial charge in [0.1, 0.15) is 0 Å². The third-order valence-electron chi connectivity index (χ3n) is 2.87. The Bertz CT molecular complexity index is 584. The number of hydrogen-bond acceptors (Lipinski definition) is 5. The highest BCUT2D eigenvalue weighted by atomic mass is 16.5. The van der Waals surface area contributed by atoms with Gasteiger partial charge in [0.05, 0.1) is 19.8 Å². The molecule has 0 saturated heterocycles. The summed E-state index contributed by atoms with van der Waals surface area (Å²) >= 11 is 0. The molecule has 0 aliphatic rings. The molecule has 20 heavy (non-hydrogen) atoms. The molecule has 0 fully saturated rings. The number of benzene rings is 1. The Kier molecular flexibility index (Phi) is 4.55. The summed E-state index contributed by atoms with van der Waals surface area (Å²) in [5.74, 6) is 1.39. The van der Waals surface area contributed by atoms with E-state index in [-0.39, 0.29) is 6.61 Å². The topological polar surface area (TPSA) is 71.8 Å². The quantitative estimate of drug-likeness (QED) is 0.876. The normalized spacial score (nSPS) is 12.0. The van der Waals surface area contributed by atoms with E-state index >= 15 is 0 Å². The van der Waals surface area contributed by atoms with Gasteiger partial charge in [-0.2, -0.15) is 0 Å². The summed E-state index contributed by atoms with van der Waals surface area (Å²) < 4.78 is 10.9. The average molecular weight is 275 g/mol. The molecule has 0 saturated carbocycles. The molecule has 0 bridgehead atoms. The van der Waals surface area contributed by atoms with E-state index in [0.29, 0.717) is 17.4 Å². The first-order valence-electron chi connectivity index (χ1n) is 6.23. The van der Waals surface area contributed by atoms with E-state index in [9.17, 15) is 5.11 Å². The van der Waals surface area contributed by atoms with Crippen molar-refractivity contribution in [2.75, 3.05) is 7.11 Å². The lowest BCUT2D eigenvalue weighted by Crippen LogP contribution is -1.96. The van der Waals surface area contributed by atoms with Crippen molar-refractivity contribution in [1.82, 2.24) is 4.98 Å². The molecule has 0 unspecified atom stereocenters. The second-order valence-corrected chi connectivity index (χ2v) is 4.35. The predicted octanol–water partition coefficient (Wildman–Crippen LogP) is 2.43. The van der Waals surface area contributed by atoms with Gasteiger partial charge in [-0.3, -0.25) is 0 Å². The van der Waals surface area contributed by atoms with E-state index in [1.807, 2.05) is 0 Å². The maximum absolute atomic E-state index is 9.55. The third kappa shape index (κ3) is 3.26. The van der Waals surface area contributed by atoms with Crippen molar-refractivity contribution in [2.24, 2.45) is 0 Å². The first-order chi connectivity index (χ1) is 9.63. The van der Waals surface area contributed by atoms with Gasteiger partial charge >= 0.3 is 0 Å². The molecule has 1 heterocycles. The molecular formula is C15H17NO4. The molecule has 1 aromatic heterocycles. The molecular weight excluding hydrogens is 258 g/mol. The minimum atomic E-state index is -0.584. The number of hydrogen-bond donors (Lipinski definition) is 2. The Labute approximate surface area is 117 Å². The van der Waals surface area contributed by atoms with Gasteiger partial charge < -0.3 is 19.7 Å². The third-order valence-corrected chi connectivity index (χ3v) is 2.87. The lowest BCUT2D eigenvalue weighted by molar-refractivity contribution is 0.198. The van der Waals surface area contributed by atoms with Crippen LogP contribution in [0.25, 0.3) is 0 Å². The molecule has 0 aliphatic carbocycles. The van der Waals surface area contributed by atoms with Crippen molar-refractivity contribution >= 4 is 0 Å². The minimum absolute atomic E-state index is 0.0631. The first-order valence-corrected chi connectivity index (χ1v) is 6.23. The van der Waals surface area contributed by atoms with Gasteiger partial charge in [0, 0.05) is 12.3 Å². The standard InChI is InChI=1S/C15H17NO4/c1-10(18)12-5-6-16-15(8-12)20-13-4-3-11(9-17)7-14(13)19-2/h3-8,10,17-18H,9H2,1-2H3/t10-/m0/s1. The Balaban J connectivity index is 2.27. The van der Waals surface area contributed by atoms with Gasteiger partial charge in [0.2, 0.25) is 5.88 Å². The van der Waals surface area contributed by atoms with Crippen LogP contribution >= 0.6 is 0 Å². The van der Waals surface area contributed by atoms with Crippen LogP contribution in [-0.2, 0) is 6.61 Å². The zero-order chi connectivity index (χ0) is 14.5. The van der Waals surface area contributed by atoms with Crippen LogP contribution in [0.5, 0.6) is 17.4 Å². The molecule has 0 radical (unpaired) electrons. The highest BCUT2D eigenvalue weighted by Gasteiger charge is 2.09. The fourth-order valence-electron chi connectivity index (χ4n) is 1.75. The molecule has 1 aromatic carbocycles. The SMILES string of the molecule is COc1cc(CO)ccc1Oc1cc([C@H](C)O)ccn1. The fourth-order valence-corrected chi connectivity index (χ4v) is 1.75. The van der Waals surface area contributed by atoms with Crippen molar-refractivity contribution in [2.45, 2.75) is 19.6 Å². The molecule has 106 valence electrons. The van der Waals surface area contributed by atoms with Crippen LogP contribution in [0, 0.1) is 0 Å². The summed E-state index contributed by atoms with van der Waals surface area (Å²) in [5, 5.41) is 18.6. The second-order valence-electron chi connectivity index (χ2n) is 4.35. The van der Waals surface area contributed by atoms with Crippen LogP contribution in [0.3, 0.4) is 0 Å². The lowest BCUT2D eigenvalue weighted by atomic mass is 10.2. The summed E-state index contributed by atoms with van der Waals surface area (Å²) in [6.07, 6.45) is 0.991. The summed E-state index contributed by atoms with van der Waals surface area (Å²) in [4.78, 5) is 4.10. The summed E-state index contributed by atoms with van der Waals surface area (Å²) in [5.41, 5.74) is 1.46. The molecule has 0 amide bonds. The lowest BCUT2D eigenvalue weighted by Gasteiger charge is -2.12. The zero-order valence-electron chi connectivity index (χ0n) is 11.4. The monoisotopic (exact) mass is 275 g/mol. The summed E-state index contributed by atoms with van der Waals surface area (Å²) in [6, 6.07) is 8.55. The van der Waals surface area contributed by atoms with Gasteiger partial charge in [-0.25, -0.2) is 4.98 Å². The number of pyridine rings is 1. The number of ether oxygens (including phenoxy) is 2. The summed E-state index contributed by atoms with van der Waals surface area (Å²) in [6.45, 7) is 1.61. The molecule has 5 heteroatoms. The molecule has 2 rings (SSSR count). The van der Waals surface area contributed by atoms with Crippen LogP contribution in [0.15, 0.2) is 36.5 Å². The predicted molar refractivity (Wildman–Crippen MR) is 73.9 cm³/mol. The number of aliphatic hydroxyl groups is 2.